The first-order chi connectivity index (χ1) is 13.6. The molecule has 3 rings (SSSR count). The minimum absolute atomic E-state index is 0.000834. The Balaban J connectivity index is 1.60. The van der Waals surface area contributed by atoms with Crippen LogP contribution in [0.25, 0.3) is 0 Å². The fourth-order valence-corrected chi connectivity index (χ4v) is 3.39. The third-order valence-electron chi connectivity index (χ3n) is 5.02. The number of para-hydroxylation sites is 1. The monoisotopic (exact) mass is 424 g/mol. The Hall–Kier alpha value is -2.47. The molecule has 7 heteroatoms. The fourth-order valence-electron chi connectivity index (χ4n) is 3.26. The van der Waals surface area contributed by atoms with Gasteiger partial charge in [0.25, 0.3) is 0 Å². The molecule has 0 spiro atoms. The van der Waals surface area contributed by atoms with Gasteiger partial charge in [0, 0.05) is 0 Å². The molecule has 2 aromatic rings. The summed E-state index contributed by atoms with van der Waals surface area (Å²) in [5, 5.41) is -1.21. The van der Waals surface area contributed by atoms with Gasteiger partial charge in [0.15, 0.2) is 0 Å². The van der Waals surface area contributed by atoms with E-state index in [9.17, 15) is 18.0 Å². The molecule has 3 nitrogen and oxygen atoms in total. The molecule has 0 aliphatic heterocycles. The molecule has 0 saturated heterocycles. The Morgan fingerprint density at radius 3 is 2.41 bits per heavy atom. The Morgan fingerprint density at radius 2 is 1.76 bits per heavy atom. The van der Waals surface area contributed by atoms with Gasteiger partial charge < -0.3 is 9.47 Å². The number of benzene rings is 2. The van der Waals surface area contributed by atoms with Crippen LogP contribution in [0.3, 0.4) is 0 Å². The molecule has 0 N–H and O–H groups in total. The van der Waals surface area contributed by atoms with Gasteiger partial charge in [-0.3, -0.25) is 4.79 Å². The summed E-state index contributed by atoms with van der Waals surface area (Å²) < 4.78 is 49.0. The molecule has 0 aromatic heterocycles. The molecule has 0 amide bonds. The lowest BCUT2D eigenvalue weighted by Gasteiger charge is -2.09. The first-order valence-electron chi connectivity index (χ1n) is 9.02. The summed E-state index contributed by atoms with van der Waals surface area (Å²) in [6.45, 7) is 3.44. The van der Waals surface area contributed by atoms with Crippen LogP contribution in [-0.2, 0) is 16.1 Å². The first kappa shape index (κ1) is 21.2. The molecular formula is C22H20ClF3O3. The van der Waals surface area contributed by atoms with Crippen molar-refractivity contribution >= 4 is 17.6 Å². The van der Waals surface area contributed by atoms with Crippen molar-refractivity contribution in [2.24, 2.45) is 17.3 Å². The van der Waals surface area contributed by atoms with Crippen molar-refractivity contribution in [3.05, 3.63) is 71.3 Å². The second kappa shape index (κ2) is 8.11. The van der Waals surface area contributed by atoms with Crippen molar-refractivity contribution in [3.63, 3.8) is 0 Å². The summed E-state index contributed by atoms with van der Waals surface area (Å²) in [7, 11) is 0. The predicted octanol–water partition coefficient (Wildman–Crippen LogP) is 6.48. The van der Waals surface area contributed by atoms with E-state index in [1.165, 1.54) is 0 Å². The first-order valence-corrected chi connectivity index (χ1v) is 9.40. The molecule has 1 fully saturated rings. The second-order valence-electron chi connectivity index (χ2n) is 7.51. The van der Waals surface area contributed by atoms with Gasteiger partial charge in [-0.2, -0.15) is 13.2 Å². The fraction of sp³-hybridized carbons (Fsp3) is 0.318. The molecule has 1 aliphatic rings. The predicted molar refractivity (Wildman–Crippen MR) is 104 cm³/mol. The molecule has 29 heavy (non-hydrogen) atoms. The largest absolute Gasteiger partial charge is 0.461 e. The van der Waals surface area contributed by atoms with Gasteiger partial charge in [0.05, 0.1) is 5.92 Å². The molecule has 1 saturated carbocycles. The van der Waals surface area contributed by atoms with E-state index in [0.29, 0.717) is 17.1 Å². The normalized spacial score (nSPS) is 20.8. The van der Waals surface area contributed by atoms with E-state index < -0.39 is 34.4 Å². The van der Waals surface area contributed by atoms with Gasteiger partial charge in [-0.15, -0.1) is 0 Å². The summed E-state index contributed by atoms with van der Waals surface area (Å²) in [6.07, 6.45) is -3.71. The number of alkyl halides is 3. The van der Waals surface area contributed by atoms with Gasteiger partial charge in [-0.05, 0) is 41.2 Å². The van der Waals surface area contributed by atoms with Crippen LogP contribution in [0.2, 0.25) is 0 Å². The highest BCUT2D eigenvalue weighted by molar-refractivity contribution is 6.30. The zero-order chi connectivity index (χ0) is 21.2. The topological polar surface area (TPSA) is 35.5 Å². The molecule has 0 heterocycles. The van der Waals surface area contributed by atoms with E-state index in [1.807, 2.05) is 30.3 Å². The molecule has 154 valence electrons. The van der Waals surface area contributed by atoms with Crippen LogP contribution < -0.4 is 4.74 Å². The van der Waals surface area contributed by atoms with Crippen molar-refractivity contribution in [1.82, 2.24) is 0 Å². The number of halogens is 4. The summed E-state index contributed by atoms with van der Waals surface area (Å²) in [5.74, 6) is -0.552. The number of carbonyl (C=O) groups excluding carboxylic acids is 1. The highest BCUT2D eigenvalue weighted by Gasteiger charge is 2.62. The Kier molecular flexibility index (Phi) is 5.94. The molecule has 2 aromatic carbocycles. The second-order valence-corrected chi connectivity index (χ2v) is 7.91. The SMILES string of the molecule is CC1(C)[C@H](C(=O)OCc2cccc(Oc3ccccc3)c2)[C@@H]1/C=C(\Cl)C(F)(F)F. The molecule has 0 radical (unpaired) electrons. The number of ether oxygens (including phenoxy) is 2. The minimum atomic E-state index is -4.62. The number of carbonyl (C=O) groups is 1. The van der Waals surface area contributed by atoms with Crippen LogP contribution in [0, 0.1) is 17.3 Å². The summed E-state index contributed by atoms with van der Waals surface area (Å²) >= 11 is 5.32. The van der Waals surface area contributed by atoms with Crippen molar-refractivity contribution in [2.75, 3.05) is 0 Å². The number of hydrogen-bond acceptors (Lipinski definition) is 3. The van der Waals surface area contributed by atoms with Gasteiger partial charge in [-0.25, -0.2) is 0 Å². The summed E-state index contributed by atoms with van der Waals surface area (Å²) in [5.41, 5.74) is 0.0754. The highest BCUT2D eigenvalue weighted by Crippen LogP contribution is 2.60. The van der Waals surface area contributed by atoms with Crippen LogP contribution in [0.5, 0.6) is 11.5 Å². The van der Waals surface area contributed by atoms with Gasteiger partial charge in [0.1, 0.15) is 23.1 Å². The van der Waals surface area contributed by atoms with E-state index >= 15 is 0 Å². The van der Waals surface area contributed by atoms with Gasteiger partial charge >= 0.3 is 12.1 Å². The maximum Gasteiger partial charge on any atom is 0.426 e. The van der Waals surface area contributed by atoms with Gasteiger partial charge in [0.2, 0.25) is 0 Å². The zero-order valence-corrected chi connectivity index (χ0v) is 16.6. The molecule has 0 unspecified atom stereocenters. The quantitative estimate of drug-likeness (QED) is 0.498. The minimum Gasteiger partial charge on any atom is -0.461 e. The van der Waals surface area contributed by atoms with Crippen LogP contribution >= 0.6 is 11.6 Å². The van der Waals surface area contributed by atoms with E-state index in [4.69, 9.17) is 21.1 Å². The van der Waals surface area contributed by atoms with Crippen LogP contribution in [0.1, 0.15) is 19.4 Å². The number of allylic oxidation sites excluding steroid dienone is 2. The molecular weight excluding hydrogens is 405 g/mol. The van der Waals surface area contributed by atoms with Crippen molar-refractivity contribution in [3.8, 4) is 11.5 Å². The van der Waals surface area contributed by atoms with Crippen molar-refractivity contribution in [1.29, 1.82) is 0 Å². The Labute approximate surface area is 172 Å². The van der Waals surface area contributed by atoms with E-state index in [2.05, 4.69) is 0 Å². The zero-order valence-electron chi connectivity index (χ0n) is 15.9. The van der Waals surface area contributed by atoms with E-state index in [0.717, 1.165) is 6.08 Å². The average Bonchev–Trinajstić information content (AvgIpc) is 3.20. The van der Waals surface area contributed by atoms with Crippen molar-refractivity contribution in [2.45, 2.75) is 26.6 Å². The average molecular weight is 425 g/mol. The van der Waals surface area contributed by atoms with E-state index in [-0.39, 0.29) is 6.61 Å². The lowest BCUT2D eigenvalue weighted by molar-refractivity contribution is -0.147. The third kappa shape index (κ3) is 5.12. The number of esters is 1. The molecule has 2 atom stereocenters. The smallest absolute Gasteiger partial charge is 0.426 e. The highest BCUT2D eigenvalue weighted by atomic mass is 35.5. The van der Waals surface area contributed by atoms with E-state index in [1.54, 1.807) is 38.1 Å². The lowest BCUT2D eigenvalue weighted by atomic mass is 10.1. The molecule has 0 bridgehead atoms. The van der Waals surface area contributed by atoms with Crippen LogP contribution in [0.15, 0.2) is 65.7 Å². The maximum atomic E-state index is 12.7. The third-order valence-corrected chi connectivity index (χ3v) is 5.36. The van der Waals surface area contributed by atoms with Crippen LogP contribution in [-0.4, -0.2) is 12.1 Å². The van der Waals surface area contributed by atoms with Gasteiger partial charge in [-0.1, -0.05) is 61.9 Å². The Bertz CT molecular complexity index is 907. The standard InChI is InChI=1S/C22H20ClF3O3/c1-21(2)17(12-18(23)22(24,25)26)19(21)20(27)28-13-14-7-6-10-16(11-14)29-15-8-4-3-5-9-15/h3-12,17,19H,13H2,1-2H3/b18-12-/t17-,19-/m0/s1. The van der Waals surface area contributed by atoms with Crippen molar-refractivity contribution < 1.29 is 27.4 Å². The lowest BCUT2D eigenvalue weighted by Crippen LogP contribution is -2.11. The summed E-state index contributed by atoms with van der Waals surface area (Å²) in [6, 6.07) is 16.3. The number of rotatable bonds is 6. The Morgan fingerprint density at radius 1 is 1.10 bits per heavy atom. The molecule has 1 aliphatic carbocycles. The maximum absolute atomic E-state index is 12.7. The van der Waals surface area contributed by atoms with Crippen LogP contribution in [0.4, 0.5) is 13.2 Å². The summed E-state index contributed by atoms with van der Waals surface area (Å²) in [4.78, 5) is 12.4. The number of hydrogen-bond donors (Lipinski definition) is 0.